The lowest BCUT2D eigenvalue weighted by Crippen LogP contribution is -2.54. The maximum atomic E-state index is 13.9. The second-order valence-electron chi connectivity index (χ2n) is 23.0. The molecule has 2 N–H and O–H groups in total. The summed E-state index contributed by atoms with van der Waals surface area (Å²) in [6.07, 6.45) is 6.11. The fourth-order valence-corrected chi connectivity index (χ4v) is 12.2. The van der Waals surface area contributed by atoms with Gasteiger partial charge in [-0.3, -0.25) is 38.5 Å². The number of anilines is 1. The van der Waals surface area contributed by atoms with Crippen LogP contribution in [0.25, 0.3) is 0 Å². The molecule has 0 bridgehead atoms. The van der Waals surface area contributed by atoms with Gasteiger partial charge in [0.25, 0.3) is 0 Å². The molecule has 2 fully saturated rings. The molecule has 1 unspecified atom stereocenters. The van der Waals surface area contributed by atoms with E-state index < -0.39 is 36.4 Å². The lowest BCUT2D eigenvalue weighted by atomic mass is 9.85. The zero-order valence-corrected chi connectivity index (χ0v) is 52.3. The third kappa shape index (κ3) is 20.6. The summed E-state index contributed by atoms with van der Waals surface area (Å²) in [4.78, 5) is 108. The molecule has 0 saturated carbocycles. The van der Waals surface area contributed by atoms with Crippen LogP contribution in [-0.2, 0) is 54.4 Å². The number of hydrogen-bond acceptors (Lipinski definition) is 14. The largest absolute Gasteiger partial charge is 0.445 e. The number of nitrogens with one attached hydrogen (secondary N) is 1. The van der Waals surface area contributed by atoms with Crippen LogP contribution in [0.15, 0.2) is 54.6 Å². The van der Waals surface area contributed by atoms with Crippen LogP contribution < -0.4 is 5.32 Å². The van der Waals surface area contributed by atoms with E-state index in [0.29, 0.717) is 32.4 Å². The topological polar surface area (TPSA) is 209 Å². The van der Waals surface area contributed by atoms with E-state index in [9.17, 15) is 43.5 Å². The van der Waals surface area contributed by atoms with Crippen LogP contribution in [0.4, 0.5) is 10.5 Å². The third-order valence-electron chi connectivity index (χ3n) is 16.5. The van der Waals surface area contributed by atoms with Crippen molar-refractivity contribution >= 4 is 64.5 Å². The number of Topliss-reactive ketones (excluding diaryl/α,β-unsaturated/α-hetero) is 3. The molecule has 18 heteroatoms. The van der Waals surface area contributed by atoms with E-state index in [-0.39, 0.29) is 120 Å². The zero-order valence-electron chi connectivity index (χ0n) is 51.4. The fourth-order valence-electron chi connectivity index (χ4n) is 11.5. The maximum absolute atomic E-state index is 13.9. The number of likely N-dealkylation sites (N-methyl/N-ethyl adjacent to an activating group) is 2. The summed E-state index contributed by atoms with van der Waals surface area (Å²) in [5.41, 5.74) is 2.37. The Balaban J connectivity index is 0.000000432. The molecule has 81 heavy (non-hydrogen) atoms. The number of unbranched alkanes of at least 4 members (excludes halogenated alkanes) is 2. The fraction of sp³-hybridized carbons (Fsp3) is 0.683. The highest BCUT2D eigenvalue weighted by Gasteiger charge is 2.43. The van der Waals surface area contributed by atoms with E-state index >= 15 is 0 Å². The number of thioether (sulfide) groups is 1. The summed E-state index contributed by atoms with van der Waals surface area (Å²) in [7, 11) is 6.64. The van der Waals surface area contributed by atoms with Gasteiger partial charge in [-0.05, 0) is 92.2 Å². The highest BCUT2D eigenvalue weighted by molar-refractivity contribution is 8.00. The summed E-state index contributed by atoms with van der Waals surface area (Å²) >= 11 is 1.41. The molecule has 0 aliphatic carbocycles. The van der Waals surface area contributed by atoms with Crippen LogP contribution in [0.1, 0.15) is 157 Å². The average molecular weight is 1150 g/mol. The van der Waals surface area contributed by atoms with Gasteiger partial charge in [0, 0.05) is 78.2 Å². The van der Waals surface area contributed by atoms with Gasteiger partial charge in [-0.25, -0.2) is 4.79 Å². The van der Waals surface area contributed by atoms with Crippen LogP contribution >= 0.6 is 11.8 Å². The lowest BCUT2D eigenvalue weighted by molar-refractivity contribution is -0.148. The molecule has 11 atom stereocenters. The van der Waals surface area contributed by atoms with Gasteiger partial charge in [-0.1, -0.05) is 118 Å². The number of nitrogens with zero attached hydrogens (tertiary/aromatic N) is 4. The predicted octanol–water partition coefficient (Wildman–Crippen LogP) is 9.82. The first-order valence-electron chi connectivity index (χ1n) is 29.4. The lowest BCUT2D eigenvalue weighted by Gasteiger charge is -2.40. The Labute approximate surface area is 488 Å². The van der Waals surface area contributed by atoms with Crippen molar-refractivity contribution < 1.29 is 57.7 Å². The van der Waals surface area contributed by atoms with Crippen LogP contribution in [-0.4, -0.2) is 162 Å². The maximum Gasteiger partial charge on any atom is 0.410 e. The molecule has 2 heterocycles. The predicted molar refractivity (Wildman–Crippen MR) is 319 cm³/mol. The number of ether oxygens (including phenoxy) is 3. The van der Waals surface area contributed by atoms with Gasteiger partial charge in [0.1, 0.15) is 12.4 Å². The van der Waals surface area contributed by atoms with Crippen molar-refractivity contribution in [2.75, 3.05) is 59.5 Å². The van der Waals surface area contributed by atoms with E-state index in [2.05, 4.69) is 33.0 Å². The van der Waals surface area contributed by atoms with Crippen molar-refractivity contribution in [3.05, 3.63) is 65.7 Å². The molecule has 0 spiro atoms. The van der Waals surface area contributed by atoms with E-state index in [4.69, 9.17) is 14.2 Å². The Morgan fingerprint density at radius 1 is 0.815 bits per heavy atom. The van der Waals surface area contributed by atoms with Gasteiger partial charge in [-0.2, -0.15) is 11.8 Å². The van der Waals surface area contributed by atoms with Gasteiger partial charge < -0.3 is 39.3 Å². The minimum atomic E-state index is -0.736. The second kappa shape index (κ2) is 35.1. The number of hydrogen-bond donors (Lipinski definition) is 2. The number of imide groups is 1. The first-order chi connectivity index (χ1) is 38.4. The van der Waals surface area contributed by atoms with Crippen LogP contribution in [0.2, 0.25) is 0 Å². The Kier molecular flexibility index (Phi) is 30.4. The van der Waals surface area contributed by atoms with E-state index in [1.165, 1.54) is 28.5 Å². The molecule has 2 aliphatic rings. The average Bonchev–Trinajstić information content (AvgIpc) is 4.04. The summed E-state index contributed by atoms with van der Waals surface area (Å²) in [5.74, 6) is -0.562. The van der Waals surface area contributed by atoms with Crippen molar-refractivity contribution in [1.82, 2.24) is 19.6 Å². The first kappa shape index (κ1) is 70.1. The molecule has 2 aromatic rings. The molecule has 0 aromatic heterocycles. The van der Waals surface area contributed by atoms with E-state index in [1.54, 1.807) is 21.3 Å². The SMILES string of the molecule is CC[C@H](C(=O)N(C)[C@@H]([C@@H](C)CC)[C@@H](CC(=O)N1CCC[C@H]1[C@H](OC)[C@@H](C)C(=O)C[C@H](C)[C@@H](O)c1ccccc1)OC)C(C)C.CSC1CC(=O)N(CCCCCC(=O)CNc2ccc(COC(=O)N(C)[C@H](C(C)=O)C(C)C)cc2)C1=O. The summed E-state index contributed by atoms with van der Waals surface area (Å²) in [6.45, 7) is 20.7. The van der Waals surface area contributed by atoms with Crippen LogP contribution in [0.5, 0.6) is 0 Å². The van der Waals surface area contributed by atoms with Crippen molar-refractivity contribution in [2.45, 2.75) is 188 Å². The monoisotopic (exact) mass is 1150 g/mol. The van der Waals surface area contributed by atoms with Gasteiger partial charge in [0.15, 0.2) is 11.6 Å². The smallest absolute Gasteiger partial charge is 0.410 e. The van der Waals surface area contributed by atoms with Crippen LogP contribution in [0.3, 0.4) is 0 Å². The minimum Gasteiger partial charge on any atom is -0.445 e. The molecule has 0 radical (unpaired) electrons. The Morgan fingerprint density at radius 2 is 1.47 bits per heavy atom. The number of aliphatic hydroxyl groups excluding tert-OH is 1. The Morgan fingerprint density at radius 3 is 2.01 bits per heavy atom. The van der Waals surface area contributed by atoms with Crippen molar-refractivity contribution in [3.8, 4) is 0 Å². The van der Waals surface area contributed by atoms with Crippen molar-refractivity contribution in [3.63, 3.8) is 0 Å². The summed E-state index contributed by atoms with van der Waals surface area (Å²) in [5, 5.41) is 13.7. The number of benzene rings is 2. The number of carbonyl (C=O) groups excluding carboxylic acids is 8. The molecule has 17 nitrogen and oxygen atoms in total. The van der Waals surface area contributed by atoms with Gasteiger partial charge in [0.2, 0.25) is 23.6 Å². The number of likely N-dealkylation sites (tertiary alicyclic amines) is 2. The number of carbonyl (C=O) groups is 8. The van der Waals surface area contributed by atoms with E-state index in [0.717, 1.165) is 48.9 Å². The zero-order chi connectivity index (χ0) is 60.7. The number of amides is 5. The third-order valence-corrected chi connectivity index (χ3v) is 17.4. The van der Waals surface area contributed by atoms with Gasteiger partial charge in [-0.15, -0.1) is 0 Å². The molecule has 454 valence electrons. The Bertz CT molecular complexity index is 2320. The highest BCUT2D eigenvalue weighted by atomic mass is 32.2. The normalized spacial score (nSPS) is 18.7. The number of methoxy groups -OCH3 is 2. The van der Waals surface area contributed by atoms with Crippen molar-refractivity contribution in [1.29, 1.82) is 0 Å². The number of ketones is 3. The molecular formula is C63H99N5O12S. The van der Waals surface area contributed by atoms with Crippen molar-refractivity contribution in [2.24, 2.45) is 35.5 Å². The number of aliphatic hydroxyl groups is 1. The standard InChI is InChI=1S/C36H60N2O6.C27H39N3O6S/c1-11-24(5)33(37(8)36(42)28(12-2)23(3)4)31(43-9)22-32(40)38-20-16-19-29(38)35(44-10)26(7)30(39)21-25(6)34(41)27-17-14-13-15-18-27;1-18(2)25(19(3)31)29(4)27(35)36-17-20-10-12-21(13-11-20)28-16-22(32)9-7-6-8-14-30-24(33)15-23(37-5)26(30)34/h13-15,17-18,23-26,28-29,31,33-35,41H,11-12,16,19-22H2,1-10H3;10-13,18,23,25,28H,6-9,14-17H2,1-5H3/t24-,25-,26-,28-,29-,31+,33-,34+,35+;23?,25-/m00/s1. The van der Waals surface area contributed by atoms with Gasteiger partial charge >= 0.3 is 6.09 Å². The first-order valence-corrected chi connectivity index (χ1v) is 30.7. The molecule has 5 amide bonds. The van der Waals surface area contributed by atoms with Crippen LogP contribution in [0, 0.1) is 35.5 Å². The Hall–Kier alpha value is -5.17. The molecule has 2 aliphatic heterocycles. The molecule has 2 saturated heterocycles. The quantitative estimate of drug-likeness (QED) is 0.0504. The molecule has 4 rings (SSSR count). The number of rotatable bonds is 33. The summed E-state index contributed by atoms with van der Waals surface area (Å²) < 4.78 is 17.2. The highest BCUT2D eigenvalue weighted by Crippen LogP contribution is 2.33. The summed E-state index contributed by atoms with van der Waals surface area (Å²) in [6, 6.07) is 15.7. The van der Waals surface area contributed by atoms with Gasteiger partial charge in [0.05, 0.1) is 54.7 Å². The minimum absolute atomic E-state index is 0.0117. The second-order valence-corrected chi connectivity index (χ2v) is 24.1. The van der Waals surface area contributed by atoms with E-state index in [1.807, 2.05) is 112 Å². The molecular weight excluding hydrogens is 1050 g/mol. The molecule has 2 aromatic carbocycles.